The Morgan fingerprint density at radius 3 is 2.79 bits per heavy atom. The number of nitrogens with one attached hydrogen (secondary N) is 1. The van der Waals surface area contributed by atoms with Crippen LogP contribution in [0.4, 0.5) is 0 Å². The second kappa shape index (κ2) is 5.43. The van der Waals surface area contributed by atoms with Crippen molar-refractivity contribution in [3.05, 3.63) is 65.2 Å². The molecule has 2 aromatic carbocycles. The molecule has 2 aromatic rings. The van der Waals surface area contributed by atoms with E-state index in [0.717, 1.165) is 24.2 Å². The monoisotopic (exact) mass is 255 g/mol. The van der Waals surface area contributed by atoms with Crippen LogP contribution in [0.5, 0.6) is 5.75 Å². The largest absolute Gasteiger partial charge is 0.489 e. The minimum atomic E-state index is 0.0678. The molecule has 3 rings (SSSR count). The Labute approximate surface area is 112 Å². The average Bonchev–Trinajstić information content (AvgIpc) is 2.88. The van der Waals surface area contributed by atoms with E-state index in [9.17, 15) is 0 Å². The molecule has 0 radical (unpaired) electrons. The molecule has 1 aliphatic rings. The summed E-state index contributed by atoms with van der Waals surface area (Å²) in [7, 11) is 0. The van der Waals surface area contributed by atoms with Crippen LogP contribution in [0.3, 0.4) is 0 Å². The lowest BCUT2D eigenvalue weighted by atomic mass is 10.1. The predicted octanol–water partition coefficient (Wildman–Crippen LogP) is 3.23. The Bertz CT molecular complexity index is 554. The summed E-state index contributed by atoms with van der Waals surface area (Å²) in [6, 6.07) is 16.3. The summed E-state index contributed by atoms with van der Waals surface area (Å²) in [5.74, 6) is 0.890. The van der Waals surface area contributed by atoms with Gasteiger partial charge in [0.1, 0.15) is 12.4 Å². The molecule has 1 unspecified atom stereocenters. The third-order valence-electron chi connectivity index (χ3n) is 3.60. The molecule has 0 heterocycles. The number of hydroxylamine groups is 1. The first-order valence-electron chi connectivity index (χ1n) is 6.56. The van der Waals surface area contributed by atoms with E-state index in [1.807, 2.05) is 30.3 Å². The van der Waals surface area contributed by atoms with Crippen molar-refractivity contribution < 1.29 is 9.94 Å². The van der Waals surface area contributed by atoms with Crippen molar-refractivity contribution >= 4 is 0 Å². The highest BCUT2D eigenvalue weighted by molar-refractivity contribution is 5.40. The van der Waals surface area contributed by atoms with Crippen molar-refractivity contribution in [2.24, 2.45) is 0 Å². The van der Waals surface area contributed by atoms with Crippen molar-refractivity contribution in [2.75, 3.05) is 0 Å². The number of ether oxygens (including phenoxy) is 1. The molecule has 0 saturated carbocycles. The zero-order chi connectivity index (χ0) is 13.1. The van der Waals surface area contributed by atoms with Crippen LogP contribution in [-0.2, 0) is 13.0 Å². The van der Waals surface area contributed by atoms with E-state index in [4.69, 9.17) is 9.94 Å². The van der Waals surface area contributed by atoms with Gasteiger partial charge in [0.2, 0.25) is 0 Å². The van der Waals surface area contributed by atoms with Gasteiger partial charge in [-0.3, -0.25) is 0 Å². The zero-order valence-electron chi connectivity index (χ0n) is 10.7. The van der Waals surface area contributed by atoms with Gasteiger partial charge < -0.3 is 9.94 Å². The maximum Gasteiger partial charge on any atom is 0.120 e. The molecule has 19 heavy (non-hydrogen) atoms. The number of rotatable bonds is 4. The molecule has 98 valence electrons. The van der Waals surface area contributed by atoms with Gasteiger partial charge in [-0.25, -0.2) is 0 Å². The first-order chi connectivity index (χ1) is 9.36. The average molecular weight is 255 g/mol. The summed E-state index contributed by atoms with van der Waals surface area (Å²) in [6.07, 6.45) is 1.92. The van der Waals surface area contributed by atoms with Gasteiger partial charge in [0.15, 0.2) is 0 Å². The number of hydrogen-bond donors (Lipinski definition) is 2. The SMILES string of the molecule is ONC1CCc2cc(OCc3ccccc3)ccc21. The molecule has 3 heteroatoms. The third-order valence-corrected chi connectivity index (χ3v) is 3.60. The summed E-state index contributed by atoms with van der Waals surface area (Å²) < 4.78 is 5.80. The second-order valence-electron chi connectivity index (χ2n) is 4.86. The summed E-state index contributed by atoms with van der Waals surface area (Å²) in [5, 5.41) is 9.05. The van der Waals surface area contributed by atoms with Crippen molar-refractivity contribution in [1.29, 1.82) is 0 Å². The van der Waals surface area contributed by atoms with E-state index in [1.54, 1.807) is 0 Å². The summed E-state index contributed by atoms with van der Waals surface area (Å²) in [5.41, 5.74) is 5.96. The third kappa shape index (κ3) is 2.62. The van der Waals surface area contributed by atoms with Crippen LogP contribution in [0.1, 0.15) is 29.2 Å². The van der Waals surface area contributed by atoms with Crippen LogP contribution in [0.15, 0.2) is 48.5 Å². The quantitative estimate of drug-likeness (QED) is 0.824. The van der Waals surface area contributed by atoms with E-state index >= 15 is 0 Å². The van der Waals surface area contributed by atoms with Gasteiger partial charge in [0.05, 0.1) is 6.04 Å². The number of fused-ring (bicyclic) bond motifs is 1. The Balaban J connectivity index is 1.70. The van der Waals surface area contributed by atoms with Crippen LogP contribution in [0, 0.1) is 0 Å². The van der Waals surface area contributed by atoms with Crippen LogP contribution in [0.25, 0.3) is 0 Å². The highest BCUT2D eigenvalue weighted by Crippen LogP contribution is 2.33. The highest BCUT2D eigenvalue weighted by Gasteiger charge is 2.21. The lowest BCUT2D eigenvalue weighted by molar-refractivity contribution is 0.126. The minimum absolute atomic E-state index is 0.0678. The van der Waals surface area contributed by atoms with E-state index in [0.29, 0.717) is 6.61 Å². The summed E-state index contributed by atoms with van der Waals surface area (Å²) in [6.45, 7) is 0.585. The Morgan fingerprint density at radius 2 is 2.00 bits per heavy atom. The molecule has 0 saturated heterocycles. The summed E-state index contributed by atoms with van der Waals surface area (Å²) in [4.78, 5) is 0. The normalized spacial score (nSPS) is 17.2. The maximum atomic E-state index is 9.05. The van der Waals surface area contributed by atoms with Crippen molar-refractivity contribution in [3.63, 3.8) is 0 Å². The molecule has 1 aliphatic carbocycles. The smallest absolute Gasteiger partial charge is 0.120 e. The summed E-state index contributed by atoms with van der Waals surface area (Å²) >= 11 is 0. The van der Waals surface area contributed by atoms with Gasteiger partial charge in [-0.15, -0.1) is 0 Å². The molecule has 3 nitrogen and oxygen atoms in total. The topological polar surface area (TPSA) is 41.5 Å². The molecular weight excluding hydrogens is 238 g/mol. The van der Waals surface area contributed by atoms with Gasteiger partial charge in [0.25, 0.3) is 0 Å². The van der Waals surface area contributed by atoms with E-state index in [-0.39, 0.29) is 6.04 Å². The predicted molar refractivity (Wildman–Crippen MR) is 73.2 cm³/mol. The van der Waals surface area contributed by atoms with Gasteiger partial charge >= 0.3 is 0 Å². The second-order valence-corrected chi connectivity index (χ2v) is 4.86. The van der Waals surface area contributed by atoms with Gasteiger partial charge in [-0.2, -0.15) is 5.48 Å². The molecule has 0 fully saturated rings. The first kappa shape index (κ1) is 12.2. The molecule has 0 amide bonds. The van der Waals surface area contributed by atoms with E-state index < -0.39 is 0 Å². The Hall–Kier alpha value is -1.84. The van der Waals surface area contributed by atoms with Crippen molar-refractivity contribution in [1.82, 2.24) is 5.48 Å². The van der Waals surface area contributed by atoms with Gasteiger partial charge in [0, 0.05) is 0 Å². The van der Waals surface area contributed by atoms with Crippen molar-refractivity contribution in [3.8, 4) is 5.75 Å². The lowest BCUT2D eigenvalue weighted by Gasteiger charge is -2.11. The van der Waals surface area contributed by atoms with E-state index in [2.05, 4.69) is 23.7 Å². The van der Waals surface area contributed by atoms with Crippen LogP contribution in [-0.4, -0.2) is 5.21 Å². The van der Waals surface area contributed by atoms with E-state index in [1.165, 1.54) is 11.1 Å². The fourth-order valence-corrected chi connectivity index (χ4v) is 2.56. The minimum Gasteiger partial charge on any atom is -0.489 e. The van der Waals surface area contributed by atoms with Crippen molar-refractivity contribution in [2.45, 2.75) is 25.5 Å². The van der Waals surface area contributed by atoms with Crippen LogP contribution >= 0.6 is 0 Å². The Morgan fingerprint density at radius 1 is 1.16 bits per heavy atom. The Kier molecular flexibility index (Phi) is 3.49. The highest BCUT2D eigenvalue weighted by atomic mass is 16.5. The van der Waals surface area contributed by atoms with Gasteiger partial charge in [-0.05, 0) is 41.7 Å². The maximum absolute atomic E-state index is 9.05. The molecule has 0 bridgehead atoms. The molecular formula is C16H17NO2. The zero-order valence-corrected chi connectivity index (χ0v) is 10.7. The first-order valence-corrected chi connectivity index (χ1v) is 6.56. The van der Waals surface area contributed by atoms with Crippen LogP contribution < -0.4 is 10.2 Å². The molecule has 1 atom stereocenters. The van der Waals surface area contributed by atoms with Gasteiger partial charge in [-0.1, -0.05) is 36.4 Å². The molecule has 0 aliphatic heterocycles. The number of aryl methyl sites for hydroxylation is 1. The molecule has 0 spiro atoms. The molecule has 0 aromatic heterocycles. The fraction of sp³-hybridized carbons (Fsp3) is 0.250. The molecule has 2 N–H and O–H groups in total. The number of benzene rings is 2. The number of hydrogen-bond acceptors (Lipinski definition) is 3. The lowest BCUT2D eigenvalue weighted by Crippen LogP contribution is -2.13. The standard InChI is InChI=1S/C16H17NO2/c18-17-16-9-6-13-10-14(7-8-15(13)16)19-11-12-4-2-1-3-5-12/h1-5,7-8,10,16-18H,6,9,11H2. The van der Waals surface area contributed by atoms with Crippen LogP contribution in [0.2, 0.25) is 0 Å². The fourth-order valence-electron chi connectivity index (χ4n) is 2.56.